The Balaban J connectivity index is 1.41. The first-order valence-corrected chi connectivity index (χ1v) is 9.64. The van der Waals surface area contributed by atoms with Crippen LogP contribution in [0.15, 0.2) is 78.9 Å². The Morgan fingerprint density at radius 3 is 2.32 bits per heavy atom. The van der Waals surface area contributed by atoms with Gasteiger partial charge in [0.25, 0.3) is 0 Å². The smallest absolute Gasteiger partial charge is 0.142 e. The van der Waals surface area contributed by atoms with Crippen molar-refractivity contribution in [1.82, 2.24) is 14.8 Å². The van der Waals surface area contributed by atoms with Crippen molar-refractivity contribution < 1.29 is 4.74 Å². The van der Waals surface area contributed by atoms with Crippen molar-refractivity contribution in [3.8, 4) is 11.4 Å². The fourth-order valence-electron chi connectivity index (χ4n) is 3.74. The van der Waals surface area contributed by atoms with Gasteiger partial charge < -0.3 is 4.74 Å². The molecule has 0 N–H and O–H groups in total. The van der Waals surface area contributed by atoms with Crippen LogP contribution in [0.4, 0.5) is 0 Å². The fourth-order valence-corrected chi connectivity index (χ4v) is 3.74. The Kier molecular flexibility index (Phi) is 4.37. The van der Waals surface area contributed by atoms with Crippen molar-refractivity contribution in [2.75, 3.05) is 0 Å². The lowest BCUT2D eigenvalue weighted by molar-refractivity contribution is 0.306. The van der Waals surface area contributed by atoms with Crippen LogP contribution in [0.5, 0.6) is 5.75 Å². The summed E-state index contributed by atoms with van der Waals surface area (Å²) in [7, 11) is 0. The molecule has 0 bridgehead atoms. The molecule has 0 saturated heterocycles. The number of rotatable bonds is 5. The molecule has 3 aromatic carbocycles. The molecule has 28 heavy (non-hydrogen) atoms. The fraction of sp³-hybridized carbons (Fsp3) is 0.167. The molecule has 0 atom stereocenters. The molecule has 0 unspecified atom stereocenters. The van der Waals surface area contributed by atoms with Crippen LogP contribution in [-0.4, -0.2) is 14.8 Å². The number of hydrogen-bond acceptors (Lipinski definition) is 3. The van der Waals surface area contributed by atoms with Crippen LogP contribution >= 0.6 is 0 Å². The van der Waals surface area contributed by atoms with Crippen LogP contribution in [0, 0.1) is 0 Å². The van der Waals surface area contributed by atoms with E-state index in [4.69, 9.17) is 4.74 Å². The lowest BCUT2D eigenvalue weighted by Crippen LogP contribution is -2.15. The van der Waals surface area contributed by atoms with Gasteiger partial charge in [-0.2, -0.15) is 0 Å². The molecule has 4 heteroatoms. The summed E-state index contributed by atoms with van der Waals surface area (Å²) in [5.41, 5.74) is 4.87. The lowest BCUT2D eigenvalue weighted by atomic mass is 10.0. The minimum atomic E-state index is 0.580. The van der Waals surface area contributed by atoms with Gasteiger partial charge in [0, 0.05) is 12.8 Å². The summed E-state index contributed by atoms with van der Waals surface area (Å²) in [6.45, 7) is 0.580. The molecular weight excluding hydrogens is 346 g/mol. The number of hydrogen-bond donors (Lipinski definition) is 0. The van der Waals surface area contributed by atoms with E-state index < -0.39 is 0 Å². The summed E-state index contributed by atoms with van der Waals surface area (Å²) >= 11 is 0. The maximum Gasteiger partial charge on any atom is 0.142 e. The van der Waals surface area contributed by atoms with Gasteiger partial charge in [0.1, 0.15) is 24.0 Å². The molecular formula is C24H21N3O. The SMILES string of the molecule is c1ccc(COc2ccc3c(c2)CCc2nnc(Cc4ccccc4)n2-3)cc1. The predicted molar refractivity (Wildman–Crippen MR) is 109 cm³/mol. The maximum atomic E-state index is 6.01. The second kappa shape index (κ2) is 7.31. The highest BCUT2D eigenvalue weighted by Crippen LogP contribution is 2.29. The van der Waals surface area contributed by atoms with Crippen LogP contribution in [0.25, 0.3) is 5.69 Å². The second-order valence-corrected chi connectivity index (χ2v) is 7.10. The van der Waals surface area contributed by atoms with Gasteiger partial charge in [-0.25, -0.2) is 0 Å². The molecule has 0 fully saturated rings. The van der Waals surface area contributed by atoms with Crippen molar-refractivity contribution in [2.45, 2.75) is 25.9 Å². The highest BCUT2D eigenvalue weighted by atomic mass is 16.5. The van der Waals surface area contributed by atoms with E-state index in [9.17, 15) is 0 Å². The summed E-state index contributed by atoms with van der Waals surface area (Å²) in [5.74, 6) is 2.93. The number of aryl methyl sites for hydroxylation is 2. The molecule has 0 radical (unpaired) electrons. The number of nitrogens with zero attached hydrogens (tertiary/aromatic N) is 3. The van der Waals surface area contributed by atoms with Crippen molar-refractivity contribution in [3.05, 3.63) is 107 Å². The van der Waals surface area contributed by atoms with Gasteiger partial charge in [0.15, 0.2) is 0 Å². The Labute approximate surface area is 164 Å². The van der Waals surface area contributed by atoms with E-state index in [1.165, 1.54) is 22.4 Å². The van der Waals surface area contributed by atoms with Crippen LogP contribution in [0.1, 0.15) is 28.3 Å². The van der Waals surface area contributed by atoms with E-state index in [2.05, 4.69) is 63.3 Å². The third-order valence-corrected chi connectivity index (χ3v) is 5.16. The Bertz CT molecular complexity index is 1090. The van der Waals surface area contributed by atoms with Crippen LogP contribution in [0.2, 0.25) is 0 Å². The molecule has 0 aliphatic carbocycles. The second-order valence-electron chi connectivity index (χ2n) is 7.10. The first kappa shape index (κ1) is 16.8. The van der Waals surface area contributed by atoms with Crippen LogP contribution < -0.4 is 4.74 Å². The van der Waals surface area contributed by atoms with Crippen molar-refractivity contribution in [2.24, 2.45) is 0 Å². The Morgan fingerprint density at radius 2 is 1.54 bits per heavy atom. The first-order valence-electron chi connectivity index (χ1n) is 9.64. The number of aromatic nitrogens is 3. The summed E-state index contributed by atoms with van der Waals surface area (Å²) in [4.78, 5) is 0. The number of fused-ring (bicyclic) bond motifs is 3. The largest absolute Gasteiger partial charge is 0.489 e. The molecule has 4 aromatic rings. The molecule has 0 spiro atoms. The highest BCUT2D eigenvalue weighted by Gasteiger charge is 2.21. The average Bonchev–Trinajstić information content (AvgIpc) is 3.17. The van der Waals surface area contributed by atoms with Crippen molar-refractivity contribution in [1.29, 1.82) is 0 Å². The van der Waals surface area contributed by atoms with E-state index in [1.54, 1.807) is 0 Å². The Hall–Kier alpha value is -3.40. The van der Waals surface area contributed by atoms with E-state index in [-0.39, 0.29) is 0 Å². The van der Waals surface area contributed by atoms with Gasteiger partial charge in [-0.3, -0.25) is 4.57 Å². The monoisotopic (exact) mass is 367 g/mol. The number of benzene rings is 3. The molecule has 138 valence electrons. The van der Waals surface area contributed by atoms with Crippen molar-refractivity contribution in [3.63, 3.8) is 0 Å². The van der Waals surface area contributed by atoms with Gasteiger partial charge in [-0.15, -0.1) is 10.2 Å². The normalized spacial score (nSPS) is 12.3. The minimum absolute atomic E-state index is 0.580. The molecule has 5 rings (SSSR count). The third kappa shape index (κ3) is 3.29. The van der Waals surface area contributed by atoms with Gasteiger partial charge in [-0.05, 0) is 41.3 Å². The van der Waals surface area contributed by atoms with Gasteiger partial charge >= 0.3 is 0 Å². The Morgan fingerprint density at radius 1 is 0.786 bits per heavy atom. The van der Waals surface area contributed by atoms with E-state index >= 15 is 0 Å². The highest BCUT2D eigenvalue weighted by molar-refractivity contribution is 5.49. The van der Waals surface area contributed by atoms with Gasteiger partial charge in [0.2, 0.25) is 0 Å². The molecule has 0 amide bonds. The first-order chi connectivity index (χ1) is 13.9. The van der Waals surface area contributed by atoms with E-state index in [0.29, 0.717) is 6.61 Å². The van der Waals surface area contributed by atoms with Gasteiger partial charge in [0.05, 0.1) is 5.69 Å². The predicted octanol–water partition coefficient (Wildman–Crippen LogP) is 4.54. The standard InChI is InChI=1S/C24H21N3O/c1-3-7-18(8-4-1)15-24-26-25-23-14-11-20-16-21(12-13-22(20)27(23)24)28-17-19-9-5-2-6-10-19/h1-10,12-13,16H,11,14-15,17H2. The quantitative estimate of drug-likeness (QED) is 0.520. The minimum Gasteiger partial charge on any atom is -0.489 e. The number of ether oxygens (including phenoxy) is 1. The van der Waals surface area contributed by atoms with Gasteiger partial charge in [-0.1, -0.05) is 60.7 Å². The molecule has 4 nitrogen and oxygen atoms in total. The molecule has 2 heterocycles. The molecule has 1 aliphatic heterocycles. The molecule has 0 saturated carbocycles. The zero-order valence-corrected chi connectivity index (χ0v) is 15.6. The van der Waals surface area contributed by atoms with Crippen LogP contribution in [0.3, 0.4) is 0 Å². The average molecular weight is 367 g/mol. The summed E-state index contributed by atoms with van der Waals surface area (Å²) in [6, 6.07) is 27.0. The summed E-state index contributed by atoms with van der Waals surface area (Å²) in [5, 5.41) is 8.90. The molecule has 1 aromatic heterocycles. The topological polar surface area (TPSA) is 39.9 Å². The van der Waals surface area contributed by atoms with E-state index in [1.807, 2.05) is 30.3 Å². The summed E-state index contributed by atoms with van der Waals surface area (Å²) in [6.07, 6.45) is 2.64. The van der Waals surface area contributed by atoms with E-state index in [0.717, 1.165) is 36.7 Å². The lowest BCUT2D eigenvalue weighted by Gasteiger charge is -2.20. The maximum absolute atomic E-state index is 6.01. The zero-order chi connectivity index (χ0) is 18.8. The molecule has 1 aliphatic rings. The summed E-state index contributed by atoms with van der Waals surface area (Å²) < 4.78 is 8.23. The van der Waals surface area contributed by atoms with Crippen LogP contribution in [-0.2, 0) is 25.9 Å². The third-order valence-electron chi connectivity index (χ3n) is 5.16. The zero-order valence-electron chi connectivity index (χ0n) is 15.6. The van der Waals surface area contributed by atoms with Crippen molar-refractivity contribution >= 4 is 0 Å².